The van der Waals surface area contributed by atoms with Gasteiger partial charge in [-0.15, -0.1) is 0 Å². The van der Waals surface area contributed by atoms with Crippen LogP contribution in [0.5, 0.6) is 0 Å². The van der Waals surface area contributed by atoms with E-state index in [1.807, 2.05) is 127 Å². The number of ether oxygens (including phenoxy) is 13. The van der Waals surface area contributed by atoms with Gasteiger partial charge in [-0.3, -0.25) is 4.79 Å². The summed E-state index contributed by atoms with van der Waals surface area (Å²) in [5.41, 5.74) is 17.9. The second-order valence-electron chi connectivity index (χ2n) is 37.4. The van der Waals surface area contributed by atoms with Crippen molar-refractivity contribution in [1.82, 2.24) is 58.1 Å². The second-order valence-corrected chi connectivity index (χ2v) is 41.4. The van der Waals surface area contributed by atoms with Crippen molar-refractivity contribution in [3.63, 3.8) is 0 Å². The van der Waals surface area contributed by atoms with E-state index in [1.165, 1.54) is 32.4 Å². The number of aldehydes is 1. The summed E-state index contributed by atoms with van der Waals surface area (Å²) in [6.45, 7) is 20.3. The SMILES string of the molecule is CC(C)(C)OC(N)=O.CC1(C)O[C@@H]2[C@@H]([C@@H]3OC(=O)c4cc(Cl)ccc43)C[C@@H](n3ccc4c(Cl)ncnc43)[C@@H]2O1.CC1(C)O[C@@H]2[C@@H]([C@@H]3OC(=O)c4cc(Cl)ccc43)C[C@@H](n3ccc4c(N)ncnc43)[C@@H]2O1.CC1(C)O[C@@H]2[C@@H]([C@H]3OC(=O)c4cc(Cl)ccc43)C[C@@H](n3ccc4c(Cl)ncnc43)[C@@H]2O1.CC1(C)O[C@@H]2[C@H](O1)[C@@H](C=O)C[C@H]2n1ccc2c(Cl)ncnc21.COC(=O)c1cc(Cl)ccc1I.O=CO[O-].[H-].[K+].[K+]. The summed E-state index contributed by atoms with van der Waals surface area (Å²) >= 11 is 44.7. The number of fused-ring (bicyclic) bond motifs is 11. The summed E-state index contributed by atoms with van der Waals surface area (Å²) < 4.78 is 85.6. The third-order valence-corrected chi connectivity index (χ3v) is 28.5. The van der Waals surface area contributed by atoms with Crippen LogP contribution in [0.1, 0.15) is 204 Å². The van der Waals surface area contributed by atoms with Gasteiger partial charge in [-0.2, -0.15) is 0 Å². The van der Waals surface area contributed by atoms with Crippen molar-refractivity contribution >= 4 is 196 Å². The van der Waals surface area contributed by atoms with Crippen molar-refractivity contribution in [2.45, 2.75) is 222 Å². The molecule has 1 amide bonds. The summed E-state index contributed by atoms with van der Waals surface area (Å²) in [7, 11) is 1.35. The third-order valence-electron chi connectivity index (χ3n) is 25.7. The minimum Gasteiger partial charge on any atom is -1.00 e. The first-order valence-electron chi connectivity index (χ1n) is 44.1. The molecule has 4 saturated heterocycles. The van der Waals surface area contributed by atoms with E-state index >= 15 is 0 Å². The van der Waals surface area contributed by atoms with Gasteiger partial charge in [0.05, 0.1) is 99.5 Å². The molecule has 11 aliphatic rings. The number of primary amides is 1. The second kappa shape index (κ2) is 43.5. The fraction of sp³-hybridized carbons (Fsp3) is 0.421. The Morgan fingerprint density at radius 3 is 1.07 bits per heavy atom. The Balaban J connectivity index is 0.000000139. The molecule has 4 N–H and O–H groups in total. The topological polar surface area (TPSA) is 447 Å². The molecule has 15 heterocycles. The van der Waals surface area contributed by atoms with Crippen molar-refractivity contribution in [3.8, 4) is 0 Å². The summed E-state index contributed by atoms with van der Waals surface area (Å²) in [5, 5.41) is 14.9. The van der Waals surface area contributed by atoms with Crippen LogP contribution in [0, 0.1) is 27.2 Å². The Morgan fingerprint density at radius 1 is 0.454 bits per heavy atom. The van der Waals surface area contributed by atoms with Gasteiger partial charge in [-0.05, 0) is 203 Å². The number of aromatic nitrogens is 12. The van der Waals surface area contributed by atoms with Crippen molar-refractivity contribution in [3.05, 3.63) is 225 Å². The molecule has 8 aromatic heterocycles. The molecule has 0 radical (unpaired) electrons. The number of amides is 1. The number of rotatable bonds is 10. The number of cyclic esters (lactones) is 3. The van der Waals surface area contributed by atoms with Crippen LogP contribution in [-0.4, -0.2) is 186 Å². The molecular formula is C95H94Cl7IK2N14O22. The first kappa shape index (κ1) is 108. The number of carbonyl (C=O) groups is 7. The predicted molar refractivity (Wildman–Crippen MR) is 513 cm³/mol. The summed E-state index contributed by atoms with van der Waals surface area (Å²) in [6, 6.07) is 28.5. The van der Waals surface area contributed by atoms with Gasteiger partial charge in [0, 0.05) is 88.8 Å². The summed E-state index contributed by atoms with van der Waals surface area (Å²) in [6.07, 6.45) is 13.6. The molecule has 23 rings (SSSR count). The van der Waals surface area contributed by atoms with E-state index in [1.54, 1.807) is 75.4 Å². The van der Waals surface area contributed by atoms with Crippen molar-refractivity contribution in [1.29, 1.82) is 0 Å². The Morgan fingerprint density at radius 2 is 0.752 bits per heavy atom. The molecular weight excluding hydrogens is 2140 g/mol. The molecule has 0 bridgehead atoms. The molecule has 36 nitrogen and oxygen atoms in total. The summed E-state index contributed by atoms with van der Waals surface area (Å²) in [5.74, 6) is -4.32. The number of carbonyl (C=O) groups excluding carboxylic acids is 7. The molecule has 0 spiro atoms. The smallest absolute Gasteiger partial charge is 1.00 e. The Labute approximate surface area is 942 Å². The number of esters is 4. The molecule has 8 fully saturated rings. The number of hydrogen-bond donors (Lipinski definition) is 2. The van der Waals surface area contributed by atoms with Crippen LogP contribution in [0.25, 0.3) is 44.1 Å². The van der Waals surface area contributed by atoms with E-state index < -0.39 is 53.2 Å². The van der Waals surface area contributed by atoms with Crippen LogP contribution < -0.4 is 119 Å². The number of halogens is 8. The van der Waals surface area contributed by atoms with Gasteiger partial charge >= 0.3 is 133 Å². The van der Waals surface area contributed by atoms with Crippen LogP contribution in [-0.2, 0) is 76.1 Å². The molecule has 734 valence electrons. The number of benzene rings is 4. The molecule has 0 unspecified atom stereocenters. The Kier molecular flexibility index (Phi) is 33.4. The van der Waals surface area contributed by atoms with E-state index in [9.17, 15) is 28.8 Å². The zero-order valence-corrected chi connectivity index (χ0v) is 92.0. The number of methoxy groups -OCH3 is 1. The van der Waals surface area contributed by atoms with Gasteiger partial charge in [0.15, 0.2) is 23.1 Å². The van der Waals surface area contributed by atoms with Crippen LogP contribution in [0.3, 0.4) is 0 Å². The monoisotopic (exact) mass is 2230 g/mol. The minimum absolute atomic E-state index is 0. The first-order chi connectivity index (χ1) is 65.9. The van der Waals surface area contributed by atoms with Crippen LogP contribution in [0.2, 0.25) is 35.5 Å². The number of anilines is 1. The normalized spacial score (nSPS) is 27.3. The Bertz CT molecular complexity index is 6350. The molecule has 7 aliphatic heterocycles. The predicted octanol–water partition coefficient (Wildman–Crippen LogP) is 11.7. The molecule has 4 aromatic carbocycles. The number of nitrogens with zero attached hydrogens (tertiary/aromatic N) is 12. The average Bonchev–Trinajstić information content (AvgIpc) is 1.57. The van der Waals surface area contributed by atoms with E-state index in [2.05, 4.69) is 90.5 Å². The summed E-state index contributed by atoms with van der Waals surface area (Å²) in [4.78, 5) is 115. The maximum absolute atomic E-state index is 12.5. The van der Waals surface area contributed by atoms with Crippen molar-refractivity contribution < 1.29 is 209 Å². The zero-order valence-electron chi connectivity index (χ0n) is 79.3. The number of nitrogens with two attached hydrogens (primary N) is 2. The van der Waals surface area contributed by atoms with Gasteiger partial charge in [-0.1, -0.05) is 99.4 Å². The molecule has 46 heteroatoms. The van der Waals surface area contributed by atoms with Gasteiger partial charge in [0.25, 0.3) is 6.47 Å². The van der Waals surface area contributed by atoms with Gasteiger partial charge in [0.2, 0.25) is 0 Å². The van der Waals surface area contributed by atoms with E-state index in [4.69, 9.17) is 155 Å². The van der Waals surface area contributed by atoms with E-state index in [0.29, 0.717) is 89.3 Å². The molecule has 12 aromatic rings. The van der Waals surface area contributed by atoms with Crippen LogP contribution in [0.4, 0.5) is 10.6 Å². The van der Waals surface area contributed by atoms with Crippen molar-refractivity contribution in [2.24, 2.45) is 29.4 Å². The van der Waals surface area contributed by atoms with Gasteiger partial charge in [-0.25, -0.2) is 63.8 Å². The van der Waals surface area contributed by atoms with Crippen molar-refractivity contribution in [2.75, 3.05) is 12.8 Å². The average molecular weight is 2240 g/mol. The maximum atomic E-state index is 12.5. The Hall–Kier alpha value is -6.88. The minimum atomic E-state index is -0.743. The third kappa shape index (κ3) is 22.5. The quantitative estimate of drug-likeness (QED) is 0.0188. The largest absolute Gasteiger partial charge is 1.00 e. The zero-order chi connectivity index (χ0) is 99.3. The van der Waals surface area contributed by atoms with Crippen LogP contribution in [0.15, 0.2) is 147 Å². The first-order valence-corrected chi connectivity index (χ1v) is 47.8. The molecule has 4 saturated carbocycles. The fourth-order valence-electron chi connectivity index (χ4n) is 20.6. The van der Waals surface area contributed by atoms with Gasteiger partial charge in [0.1, 0.15) is 124 Å². The van der Waals surface area contributed by atoms with E-state index in [0.717, 1.165) is 70.7 Å². The van der Waals surface area contributed by atoms with Gasteiger partial charge < -0.3 is 108 Å². The van der Waals surface area contributed by atoms with Crippen LogP contribution >= 0.6 is 104 Å². The molecule has 141 heavy (non-hydrogen) atoms. The fourth-order valence-corrected chi connectivity index (χ4v) is 22.4. The standard InChI is InChI=1S/2C22H19Cl2N3O4.C22H21ClN4O4.C15H16ClN3O3.C8H6ClIO2.C5H11NO2.CH2O3.2K.H/c3*1-22(2)30-17-14(16-11-4-3-10(23)7-13(11)21(28)29-16)8-15(18(17)31-22)27-6-5-12-19(24)25-9-26-20(12)27;1-15(2)21-11-8(6-20)5-10(12(11)22-15)19-4-3-9-13(16)17-7-18-14(9)19;1-12-8(11)6-4-5(9)2-3-7(6)10;1-5(2,3)8-4(6)7;2-1-4-3;;;/h2*3-7,9,14-18H,8H2,1-2H3;3-7,9,14-18H,8H2,1-2H3,(H2,24,25,26);3-4,6-8,10-12H,5H2,1-2H3;2-4H,1H3;1-3H3,(H2,6,7);1,3H;;;/q;;;;;;;2*+1;-1/p-1/t14-,15-,16+,17-,18+;2*14-,15-,16-,17-,18+;8-,10-,11-,12+;;;;;;/m1111....../s1. The number of hydrogen-bond acceptors (Lipinski definition) is 31. The van der Waals surface area contributed by atoms with E-state index in [-0.39, 0.29) is 231 Å². The molecule has 4 aliphatic carbocycles. The molecule has 19 atom stereocenters. The number of nitrogen functional groups attached to an aromatic ring is 1. The maximum Gasteiger partial charge on any atom is 1.00 e.